The molecule has 1 aliphatic heterocycles. The second-order valence-electron chi connectivity index (χ2n) is 6.18. The van der Waals surface area contributed by atoms with Crippen LogP contribution in [0.1, 0.15) is 15.9 Å². The minimum Gasteiger partial charge on any atom is -0.379 e. The summed E-state index contributed by atoms with van der Waals surface area (Å²) in [5.74, 6) is -0.309. The third-order valence-corrected chi connectivity index (χ3v) is 4.36. The second kappa shape index (κ2) is 8.74. The molecule has 0 aliphatic carbocycles. The van der Waals surface area contributed by atoms with E-state index in [4.69, 9.17) is 4.74 Å². The number of morpholine rings is 1. The molecule has 4 nitrogen and oxygen atoms in total. The van der Waals surface area contributed by atoms with Gasteiger partial charge in [0.2, 0.25) is 0 Å². The summed E-state index contributed by atoms with van der Waals surface area (Å²) in [5, 5.41) is 0. The Kier molecular flexibility index (Phi) is 6.14. The van der Waals surface area contributed by atoms with Gasteiger partial charge in [-0.15, -0.1) is 0 Å². The Morgan fingerprint density at radius 2 is 1.84 bits per heavy atom. The number of carbonyl (C=O) groups is 1. The molecule has 132 valence electrons. The first-order valence-electron chi connectivity index (χ1n) is 8.61. The van der Waals surface area contributed by atoms with Crippen LogP contribution in [-0.2, 0) is 11.3 Å². The summed E-state index contributed by atoms with van der Waals surface area (Å²) >= 11 is 0. The number of ether oxygens (including phenoxy) is 1. The fourth-order valence-electron chi connectivity index (χ4n) is 2.96. The Morgan fingerprint density at radius 3 is 2.56 bits per heavy atom. The quantitative estimate of drug-likeness (QED) is 0.809. The lowest BCUT2D eigenvalue weighted by Gasteiger charge is -2.30. The van der Waals surface area contributed by atoms with Crippen LogP contribution >= 0.6 is 0 Å². The zero-order valence-electron chi connectivity index (χ0n) is 14.2. The van der Waals surface area contributed by atoms with Crippen molar-refractivity contribution in [3.8, 4) is 0 Å². The standard InChI is InChI=1S/C20H23FN2O2/c21-19-8-4-5-17(15-19)16-23(10-9-22-11-13-25-14-12-22)20(24)18-6-2-1-3-7-18/h1-8,15H,9-14,16H2. The molecule has 25 heavy (non-hydrogen) atoms. The fraction of sp³-hybridized carbons (Fsp3) is 0.350. The molecule has 2 aromatic carbocycles. The molecule has 0 spiro atoms. The molecule has 1 aliphatic rings. The van der Waals surface area contributed by atoms with Gasteiger partial charge in [-0.1, -0.05) is 30.3 Å². The van der Waals surface area contributed by atoms with E-state index in [1.165, 1.54) is 12.1 Å². The molecule has 0 bridgehead atoms. The first-order valence-corrected chi connectivity index (χ1v) is 8.61. The van der Waals surface area contributed by atoms with Gasteiger partial charge < -0.3 is 9.64 Å². The predicted molar refractivity (Wildman–Crippen MR) is 94.8 cm³/mol. The lowest BCUT2D eigenvalue weighted by atomic mass is 10.1. The van der Waals surface area contributed by atoms with E-state index in [2.05, 4.69) is 4.90 Å². The Morgan fingerprint density at radius 1 is 1.08 bits per heavy atom. The van der Waals surface area contributed by atoms with E-state index < -0.39 is 0 Å². The zero-order chi connectivity index (χ0) is 17.5. The van der Waals surface area contributed by atoms with Crippen LogP contribution in [0.25, 0.3) is 0 Å². The van der Waals surface area contributed by atoms with Crippen molar-refractivity contribution in [2.75, 3.05) is 39.4 Å². The maximum Gasteiger partial charge on any atom is 0.254 e. The summed E-state index contributed by atoms with van der Waals surface area (Å²) in [7, 11) is 0. The maximum atomic E-state index is 13.5. The Balaban J connectivity index is 1.71. The Hall–Kier alpha value is -2.24. The largest absolute Gasteiger partial charge is 0.379 e. The molecule has 0 N–H and O–H groups in total. The number of nitrogens with zero attached hydrogens (tertiary/aromatic N) is 2. The van der Waals surface area contributed by atoms with Crippen molar-refractivity contribution in [3.05, 3.63) is 71.5 Å². The van der Waals surface area contributed by atoms with Gasteiger partial charge in [-0.2, -0.15) is 0 Å². The van der Waals surface area contributed by atoms with Crippen LogP contribution < -0.4 is 0 Å². The van der Waals surface area contributed by atoms with Crippen LogP contribution in [0, 0.1) is 5.82 Å². The second-order valence-corrected chi connectivity index (χ2v) is 6.18. The summed E-state index contributed by atoms with van der Waals surface area (Å²) in [6.07, 6.45) is 0. The molecule has 5 heteroatoms. The lowest BCUT2D eigenvalue weighted by Crippen LogP contribution is -2.42. The topological polar surface area (TPSA) is 32.8 Å². The molecular weight excluding hydrogens is 319 g/mol. The smallest absolute Gasteiger partial charge is 0.254 e. The molecule has 0 aromatic heterocycles. The van der Waals surface area contributed by atoms with Crippen LogP contribution in [0.5, 0.6) is 0 Å². The van der Waals surface area contributed by atoms with Gasteiger partial charge in [0, 0.05) is 38.3 Å². The first-order chi connectivity index (χ1) is 12.2. The van der Waals surface area contributed by atoms with Crippen LogP contribution in [-0.4, -0.2) is 55.1 Å². The summed E-state index contributed by atoms with van der Waals surface area (Å²) in [5.41, 5.74) is 1.45. The van der Waals surface area contributed by atoms with Crippen molar-refractivity contribution in [1.29, 1.82) is 0 Å². The van der Waals surface area contributed by atoms with Crippen molar-refractivity contribution in [2.45, 2.75) is 6.54 Å². The summed E-state index contributed by atoms with van der Waals surface area (Å²) < 4.78 is 18.9. The maximum absolute atomic E-state index is 13.5. The van der Waals surface area contributed by atoms with Gasteiger partial charge in [-0.05, 0) is 29.8 Å². The van der Waals surface area contributed by atoms with E-state index in [0.717, 1.165) is 38.4 Å². The van der Waals surface area contributed by atoms with Crippen LogP contribution in [0.15, 0.2) is 54.6 Å². The van der Waals surface area contributed by atoms with Gasteiger partial charge in [0.25, 0.3) is 5.91 Å². The SMILES string of the molecule is O=C(c1ccccc1)N(CCN1CCOCC1)Cc1cccc(F)c1. The van der Waals surface area contributed by atoms with Gasteiger partial charge in [0.1, 0.15) is 5.82 Å². The normalized spacial score (nSPS) is 15.1. The Labute approximate surface area is 147 Å². The monoisotopic (exact) mass is 342 g/mol. The highest BCUT2D eigenvalue weighted by atomic mass is 19.1. The van der Waals surface area contributed by atoms with Gasteiger partial charge in [-0.25, -0.2) is 4.39 Å². The molecule has 0 unspecified atom stereocenters. The molecule has 1 amide bonds. The van der Waals surface area contributed by atoms with E-state index in [-0.39, 0.29) is 11.7 Å². The molecule has 2 aromatic rings. The summed E-state index contributed by atoms with van der Waals surface area (Å²) in [6, 6.07) is 15.7. The van der Waals surface area contributed by atoms with Crippen molar-refractivity contribution in [1.82, 2.24) is 9.80 Å². The van der Waals surface area contributed by atoms with Crippen LogP contribution in [0.3, 0.4) is 0 Å². The summed E-state index contributed by atoms with van der Waals surface area (Å²) in [4.78, 5) is 17.0. The number of halogens is 1. The highest BCUT2D eigenvalue weighted by molar-refractivity contribution is 5.94. The fourth-order valence-corrected chi connectivity index (χ4v) is 2.96. The molecule has 1 saturated heterocycles. The van der Waals surface area contributed by atoms with E-state index in [0.29, 0.717) is 18.7 Å². The molecule has 1 heterocycles. The minimum atomic E-state index is -0.280. The summed E-state index contributed by atoms with van der Waals surface area (Å²) in [6.45, 7) is 5.02. The Bertz CT molecular complexity index is 687. The van der Waals surface area contributed by atoms with Gasteiger partial charge in [0.15, 0.2) is 0 Å². The van der Waals surface area contributed by atoms with Crippen molar-refractivity contribution in [3.63, 3.8) is 0 Å². The van der Waals surface area contributed by atoms with Crippen molar-refractivity contribution < 1.29 is 13.9 Å². The van der Waals surface area contributed by atoms with E-state index in [9.17, 15) is 9.18 Å². The number of carbonyl (C=O) groups excluding carboxylic acids is 1. The number of amides is 1. The number of hydrogen-bond donors (Lipinski definition) is 0. The number of benzene rings is 2. The molecule has 0 radical (unpaired) electrons. The van der Waals surface area contributed by atoms with Crippen molar-refractivity contribution >= 4 is 5.91 Å². The zero-order valence-corrected chi connectivity index (χ0v) is 14.2. The minimum absolute atomic E-state index is 0.0295. The third kappa shape index (κ3) is 5.11. The van der Waals surface area contributed by atoms with Crippen LogP contribution in [0.4, 0.5) is 4.39 Å². The molecular formula is C20H23FN2O2. The van der Waals surface area contributed by atoms with Gasteiger partial charge in [-0.3, -0.25) is 9.69 Å². The number of rotatable bonds is 6. The molecule has 0 saturated carbocycles. The van der Waals surface area contributed by atoms with Crippen LogP contribution in [0.2, 0.25) is 0 Å². The average molecular weight is 342 g/mol. The van der Waals surface area contributed by atoms with Gasteiger partial charge >= 0.3 is 0 Å². The molecule has 1 fully saturated rings. The highest BCUT2D eigenvalue weighted by Crippen LogP contribution is 2.12. The number of hydrogen-bond acceptors (Lipinski definition) is 3. The molecule has 3 rings (SSSR count). The van der Waals surface area contributed by atoms with E-state index in [1.807, 2.05) is 36.4 Å². The van der Waals surface area contributed by atoms with Gasteiger partial charge in [0.05, 0.1) is 13.2 Å². The molecule has 0 atom stereocenters. The van der Waals surface area contributed by atoms with E-state index >= 15 is 0 Å². The lowest BCUT2D eigenvalue weighted by molar-refractivity contribution is 0.0320. The first kappa shape index (κ1) is 17.6. The third-order valence-electron chi connectivity index (χ3n) is 4.36. The predicted octanol–water partition coefficient (Wildman–Crippen LogP) is 2.80. The van der Waals surface area contributed by atoms with Crippen molar-refractivity contribution in [2.24, 2.45) is 0 Å². The highest BCUT2D eigenvalue weighted by Gasteiger charge is 2.18. The average Bonchev–Trinajstić information content (AvgIpc) is 2.66. The van der Waals surface area contributed by atoms with E-state index in [1.54, 1.807) is 11.0 Å².